The Kier molecular flexibility index (Phi) is 6.95. The molecular weight excluding hydrogens is 366 g/mol. The Morgan fingerprint density at radius 3 is 2.52 bits per heavy atom. The number of nitrogens with one attached hydrogen (secondary N) is 1. The minimum atomic E-state index is -4.34. The highest BCUT2D eigenvalue weighted by Crippen LogP contribution is 2.19. The van der Waals surface area contributed by atoms with E-state index < -0.39 is 12.8 Å². The Morgan fingerprint density at radius 1 is 1.22 bits per heavy atom. The monoisotopic (exact) mass is 387 g/mol. The second-order valence-corrected chi connectivity index (χ2v) is 6.09. The van der Waals surface area contributed by atoms with Crippen LogP contribution < -0.4 is 5.32 Å². The summed E-state index contributed by atoms with van der Waals surface area (Å²) in [5, 5.41) is 7.05. The molecule has 0 unspecified atom stereocenters. The first-order chi connectivity index (χ1) is 12.7. The molecule has 1 aromatic carbocycles. The van der Waals surface area contributed by atoms with Crippen molar-refractivity contribution in [3.05, 3.63) is 47.0 Å². The van der Waals surface area contributed by atoms with Gasteiger partial charge in [-0.05, 0) is 44.5 Å². The van der Waals surface area contributed by atoms with Gasteiger partial charge in [-0.1, -0.05) is 0 Å². The molecular formula is C18H21F4N3O2. The molecule has 0 aliphatic heterocycles. The number of hydrogen-bond acceptors (Lipinski definition) is 3. The van der Waals surface area contributed by atoms with Gasteiger partial charge >= 0.3 is 6.18 Å². The average molecular weight is 387 g/mol. The van der Waals surface area contributed by atoms with E-state index in [4.69, 9.17) is 0 Å². The van der Waals surface area contributed by atoms with Crippen LogP contribution in [0.25, 0.3) is 5.69 Å². The molecule has 0 aliphatic rings. The summed E-state index contributed by atoms with van der Waals surface area (Å²) < 4.78 is 55.0. The molecule has 2 aromatic rings. The fourth-order valence-electron chi connectivity index (χ4n) is 2.58. The number of aromatic nitrogens is 2. The second kappa shape index (κ2) is 8.98. The Balaban J connectivity index is 1.86. The van der Waals surface area contributed by atoms with E-state index >= 15 is 0 Å². The van der Waals surface area contributed by atoms with Gasteiger partial charge in [0.25, 0.3) is 0 Å². The summed E-state index contributed by atoms with van der Waals surface area (Å²) in [6.07, 6.45) is -3.96. The first kappa shape index (κ1) is 20.9. The van der Waals surface area contributed by atoms with Crippen LogP contribution in [-0.4, -0.2) is 41.6 Å². The van der Waals surface area contributed by atoms with E-state index in [1.165, 1.54) is 12.1 Å². The molecule has 1 aromatic heterocycles. The molecule has 0 saturated carbocycles. The summed E-state index contributed by atoms with van der Waals surface area (Å²) >= 11 is 0. The van der Waals surface area contributed by atoms with Crippen LogP contribution in [0.4, 0.5) is 17.6 Å². The maximum absolute atomic E-state index is 13.1. The normalized spacial score (nSPS) is 11.6. The molecule has 2 rings (SSSR count). The zero-order valence-corrected chi connectivity index (χ0v) is 15.1. The Labute approximate surface area is 154 Å². The van der Waals surface area contributed by atoms with Crippen LogP contribution in [0.3, 0.4) is 0 Å². The van der Waals surface area contributed by atoms with Crippen molar-refractivity contribution in [2.24, 2.45) is 0 Å². The number of amides is 1. The number of hydrogen-bond donors (Lipinski definition) is 1. The van der Waals surface area contributed by atoms with E-state index in [0.717, 1.165) is 11.3 Å². The van der Waals surface area contributed by atoms with Crippen LogP contribution in [0, 0.1) is 19.7 Å². The van der Waals surface area contributed by atoms with Gasteiger partial charge in [-0.2, -0.15) is 18.3 Å². The predicted molar refractivity (Wildman–Crippen MR) is 91.2 cm³/mol. The van der Waals surface area contributed by atoms with Gasteiger partial charge in [0.2, 0.25) is 5.91 Å². The van der Waals surface area contributed by atoms with Crippen LogP contribution in [-0.2, 0) is 16.0 Å². The highest BCUT2D eigenvalue weighted by Gasteiger charge is 2.27. The molecule has 27 heavy (non-hydrogen) atoms. The lowest BCUT2D eigenvalue weighted by Crippen LogP contribution is -2.27. The summed E-state index contributed by atoms with van der Waals surface area (Å²) in [5.74, 6) is -0.602. The van der Waals surface area contributed by atoms with Gasteiger partial charge in [-0.25, -0.2) is 9.07 Å². The van der Waals surface area contributed by atoms with Gasteiger partial charge in [0, 0.05) is 24.4 Å². The fourth-order valence-corrected chi connectivity index (χ4v) is 2.58. The maximum Gasteiger partial charge on any atom is 0.411 e. The molecule has 5 nitrogen and oxygen atoms in total. The fraction of sp³-hybridized carbons (Fsp3) is 0.444. The van der Waals surface area contributed by atoms with E-state index in [-0.39, 0.29) is 37.7 Å². The highest BCUT2D eigenvalue weighted by molar-refractivity contribution is 5.79. The number of benzene rings is 1. The third kappa shape index (κ3) is 6.35. The lowest BCUT2D eigenvalue weighted by Gasteiger charge is -2.09. The summed E-state index contributed by atoms with van der Waals surface area (Å²) in [7, 11) is 0. The van der Waals surface area contributed by atoms with E-state index in [2.05, 4.69) is 15.2 Å². The minimum Gasteiger partial charge on any atom is -0.372 e. The zero-order chi connectivity index (χ0) is 20.0. The summed E-state index contributed by atoms with van der Waals surface area (Å²) in [6, 6.07) is 5.86. The number of aryl methyl sites for hydroxylation is 1. The maximum atomic E-state index is 13.1. The van der Waals surface area contributed by atoms with Crippen molar-refractivity contribution >= 4 is 5.91 Å². The molecule has 0 atom stereocenters. The SMILES string of the molecule is Cc1nn(-c2ccc(F)cc2)c(C)c1CC(=O)NCCCOCC(F)(F)F. The topological polar surface area (TPSA) is 56.2 Å². The lowest BCUT2D eigenvalue weighted by atomic mass is 10.1. The van der Waals surface area contributed by atoms with Crippen molar-refractivity contribution in [2.75, 3.05) is 19.8 Å². The van der Waals surface area contributed by atoms with Gasteiger partial charge in [0.05, 0.1) is 17.8 Å². The van der Waals surface area contributed by atoms with Crippen molar-refractivity contribution in [3.8, 4) is 5.69 Å². The minimum absolute atomic E-state index is 0.0830. The van der Waals surface area contributed by atoms with Crippen LogP contribution in [0.1, 0.15) is 23.4 Å². The van der Waals surface area contributed by atoms with Gasteiger partial charge < -0.3 is 10.1 Å². The molecule has 0 radical (unpaired) electrons. The molecule has 0 fully saturated rings. The first-order valence-corrected chi connectivity index (χ1v) is 8.39. The third-order valence-corrected chi connectivity index (χ3v) is 3.90. The van der Waals surface area contributed by atoms with E-state index in [9.17, 15) is 22.4 Å². The number of ether oxygens (including phenoxy) is 1. The van der Waals surface area contributed by atoms with Crippen molar-refractivity contribution in [2.45, 2.75) is 32.9 Å². The molecule has 0 saturated heterocycles. The standard InChI is InChI=1S/C18H21F4N3O2/c1-12-16(10-17(26)23-8-3-9-27-11-18(20,21)22)13(2)25(24-12)15-6-4-14(19)5-7-15/h4-7H,3,8-11H2,1-2H3,(H,23,26). The molecule has 148 valence electrons. The highest BCUT2D eigenvalue weighted by atomic mass is 19.4. The van der Waals surface area contributed by atoms with E-state index in [0.29, 0.717) is 11.4 Å². The molecule has 9 heteroatoms. The molecule has 0 aliphatic carbocycles. The molecule has 1 heterocycles. The number of nitrogens with zero attached hydrogens (tertiary/aromatic N) is 2. The largest absolute Gasteiger partial charge is 0.411 e. The van der Waals surface area contributed by atoms with Crippen molar-refractivity contribution < 1.29 is 27.1 Å². The van der Waals surface area contributed by atoms with Crippen molar-refractivity contribution in [1.29, 1.82) is 0 Å². The second-order valence-electron chi connectivity index (χ2n) is 6.09. The number of carbonyl (C=O) groups is 1. The van der Waals surface area contributed by atoms with Crippen LogP contribution in [0.15, 0.2) is 24.3 Å². The summed E-state index contributed by atoms with van der Waals surface area (Å²) in [5.41, 5.74) is 2.89. The zero-order valence-electron chi connectivity index (χ0n) is 15.1. The summed E-state index contributed by atoms with van der Waals surface area (Å²) in [4.78, 5) is 12.1. The Hall–Kier alpha value is -2.42. The van der Waals surface area contributed by atoms with E-state index in [1.54, 1.807) is 23.7 Å². The number of halogens is 4. The summed E-state index contributed by atoms with van der Waals surface area (Å²) in [6.45, 7) is 2.45. The first-order valence-electron chi connectivity index (χ1n) is 8.39. The van der Waals surface area contributed by atoms with Gasteiger partial charge in [-0.3, -0.25) is 4.79 Å². The average Bonchev–Trinajstić information content (AvgIpc) is 2.86. The molecule has 1 N–H and O–H groups in total. The molecule has 0 spiro atoms. The van der Waals surface area contributed by atoms with Crippen LogP contribution >= 0.6 is 0 Å². The Bertz CT molecular complexity index is 770. The lowest BCUT2D eigenvalue weighted by molar-refractivity contribution is -0.174. The van der Waals surface area contributed by atoms with Crippen molar-refractivity contribution in [3.63, 3.8) is 0 Å². The van der Waals surface area contributed by atoms with E-state index in [1.807, 2.05) is 6.92 Å². The van der Waals surface area contributed by atoms with Crippen LogP contribution in [0.2, 0.25) is 0 Å². The molecule has 1 amide bonds. The Morgan fingerprint density at radius 2 is 1.89 bits per heavy atom. The third-order valence-electron chi connectivity index (χ3n) is 3.90. The van der Waals surface area contributed by atoms with Crippen molar-refractivity contribution in [1.82, 2.24) is 15.1 Å². The van der Waals surface area contributed by atoms with Crippen LogP contribution in [0.5, 0.6) is 0 Å². The molecule has 0 bridgehead atoms. The number of carbonyl (C=O) groups excluding carboxylic acids is 1. The quantitative estimate of drug-likeness (QED) is 0.559. The van der Waals surface area contributed by atoms with Gasteiger partial charge in [0.15, 0.2) is 0 Å². The smallest absolute Gasteiger partial charge is 0.372 e. The van der Waals surface area contributed by atoms with Gasteiger partial charge in [0.1, 0.15) is 12.4 Å². The predicted octanol–water partition coefficient (Wildman–Crippen LogP) is 3.26. The number of rotatable bonds is 8. The van der Waals surface area contributed by atoms with Gasteiger partial charge in [-0.15, -0.1) is 0 Å². The number of alkyl halides is 3.